The van der Waals surface area contributed by atoms with Gasteiger partial charge in [0.25, 0.3) is 5.22 Å². The lowest BCUT2D eigenvalue weighted by atomic mass is 10.1. The van der Waals surface area contributed by atoms with Crippen molar-refractivity contribution in [1.29, 1.82) is 5.26 Å². The highest BCUT2D eigenvalue weighted by Gasteiger charge is 2.21. The van der Waals surface area contributed by atoms with E-state index in [4.69, 9.17) is 9.68 Å². The van der Waals surface area contributed by atoms with Crippen LogP contribution in [0.15, 0.2) is 33.9 Å². The maximum Gasteiger partial charge on any atom is 0.277 e. The molecule has 0 N–H and O–H groups in total. The maximum atomic E-state index is 12.2. The first-order chi connectivity index (χ1) is 11.0. The summed E-state index contributed by atoms with van der Waals surface area (Å²) in [4.78, 5) is 13.7. The number of amides is 1. The monoisotopic (exact) mass is 330 g/mol. The second-order valence-corrected chi connectivity index (χ2v) is 6.46. The van der Waals surface area contributed by atoms with Crippen LogP contribution in [0.1, 0.15) is 18.9 Å². The minimum atomic E-state index is -0.356. The van der Waals surface area contributed by atoms with Gasteiger partial charge in [-0.3, -0.25) is 4.79 Å². The van der Waals surface area contributed by atoms with E-state index in [1.807, 2.05) is 37.3 Å². The van der Waals surface area contributed by atoms with Gasteiger partial charge in [-0.2, -0.15) is 5.26 Å². The van der Waals surface area contributed by atoms with E-state index in [0.29, 0.717) is 24.1 Å². The molecule has 2 rings (SSSR count). The second kappa shape index (κ2) is 7.79. The highest BCUT2D eigenvalue weighted by molar-refractivity contribution is 8.00. The van der Waals surface area contributed by atoms with Crippen LogP contribution in [0, 0.1) is 18.3 Å². The lowest BCUT2D eigenvalue weighted by Crippen LogP contribution is -2.33. The van der Waals surface area contributed by atoms with Crippen molar-refractivity contribution in [3.05, 3.63) is 29.8 Å². The third-order valence-electron chi connectivity index (χ3n) is 3.27. The van der Waals surface area contributed by atoms with Crippen LogP contribution in [0.5, 0.6) is 0 Å². The van der Waals surface area contributed by atoms with Crippen molar-refractivity contribution in [1.82, 2.24) is 15.1 Å². The van der Waals surface area contributed by atoms with Gasteiger partial charge in [0, 0.05) is 19.2 Å². The lowest BCUT2D eigenvalue weighted by Gasteiger charge is -2.18. The molecule has 0 fully saturated rings. The summed E-state index contributed by atoms with van der Waals surface area (Å²) in [6.45, 7) is 4.21. The van der Waals surface area contributed by atoms with Crippen molar-refractivity contribution < 1.29 is 9.21 Å². The van der Waals surface area contributed by atoms with E-state index >= 15 is 0 Å². The SMILES string of the molecule is Cc1ccc(-c2nnc(S[C@H](C)C(=O)N(C)CCC#N)o2)cc1. The van der Waals surface area contributed by atoms with Crippen LogP contribution in [0.25, 0.3) is 11.5 Å². The summed E-state index contributed by atoms with van der Waals surface area (Å²) in [5, 5.41) is 16.6. The van der Waals surface area contributed by atoms with Gasteiger partial charge in [0.05, 0.1) is 17.7 Å². The molecule has 0 saturated carbocycles. The third kappa shape index (κ3) is 4.57. The van der Waals surface area contributed by atoms with Crippen molar-refractivity contribution in [2.24, 2.45) is 0 Å². The van der Waals surface area contributed by atoms with Gasteiger partial charge < -0.3 is 9.32 Å². The Kier molecular flexibility index (Phi) is 5.77. The molecule has 0 saturated heterocycles. The largest absolute Gasteiger partial charge is 0.411 e. The summed E-state index contributed by atoms with van der Waals surface area (Å²) >= 11 is 1.22. The van der Waals surface area contributed by atoms with Crippen LogP contribution in [-0.2, 0) is 4.79 Å². The van der Waals surface area contributed by atoms with Gasteiger partial charge >= 0.3 is 0 Å². The van der Waals surface area contributed by atoms with Gasteiger partial charge in [-0.1, -0.05) is 29.5 Å². The number of nitrogens with zero attached hydrogens (tertiary/aromatic N) is 4. The molecule has 0 unspecified atom stereocenters. The number of carbonyl (C=O) groups is 1. The first kappa shape index (κ1) is 17.0. The Morgan fingerprint density at radius 1 is 1.39 bits per heavy atom. The molecule has 1 amide bonds. The van der Waals surface area contributed by atoms with Crippen LogP contribution in [0.2, 0.25) is 0 Å². The first-order valence-corrected chi connectivity index (χ1v) is 8.08. The molecule has 0 aliphatic carbocycles. The Bertz CT molecular complexity index is 706. The zero-order valence-electron chi connectivity index (χ0n) is 13.3. The van der Waals surface area contributed by atoms with Crippen LogP contribution in [-0.4, -0.2) is 39.8 Å². The number of rotatable bonds is 6. The van der Waals surface area contributed by atoms with Crippen molar-refractivity contribution in [2.45, 2.75) is 30.7 Å². The smallest absolute Gasteiger partial charge is 0.277 e. The van der Waals surface area contributed by atoms with Gasteiger partial charge in [-0.15, -0.1) is 10.2 Å². The number of aromatic nitrogens is 2. The Morgan fingerprint density at radius 2 is 2.09 bits per heavy atom. The van der Waals surface area contributed by atoms with Gasteiger partial charge in [-0.05, 0) is 26.0 Å². The molecule has 2 aromatic rings. The summed E-state index contributed by atoms with van der Waals surface area (Å²) in [6.07, 6.45) is 0.317. The van der Waals surface area contributed by atoms with Crippen molar-refractivity contribution in [3.63, 3.8) is 0 Å². The van der Waals surface area contributed by atoms with Crippen LogP contribution >= 0.6 is 11.8 Å². The Labute approximate surface area is 139 Å². The molecule has 1 atom stereocenters. The normalized spacial score (nSPS) is 11.7. The van der Waals surface area contributed by atoms with E-state index in [1.165, 1.54) is 16.7 Å². The fourth-order valence-corrected chi connectivity index (χ4v) is 2.71. The number of hydrogen-bond acceptors (Lipinski definition) is 6. The number of hydrogen-bond donors (Lipinski definition) is 0. The first-order valence-electron chi connectivity index (χ1n) is 7.20. The van der Waals surface area contributed by atoms with E-state index in [2.05, 4.69) is 10.2 Å². The molecule has 0 aliphatic rings. The van der Waals surface area contributed by atoms with Crippen LogP contribution < -0.4 is 0 Å². The van der Waals surface area contributed by atoms with E-state index in [1.54, 1.807) is 14.0 Å². The number of benzene rings is 1. The van der Waals surface area contributed by atoms with Crippen LogP contribution in [0.3, 0.4) is 0 Å². The maximum absolute atomic E-state index is 12.2. The number of aryl methyl sites for hydroxylation is 1. The molecule has 1 aromatic heterocycles. The van der Waals surface area contributed by atoms with Gasteiger partial charge in [-0.25, -0.2) is 0 Å². The predicted molar refractivity (Wildman–Crippen MR) is 87.7 cm³/mol. The summed E-state index contributed by atoms with van der Waals surface area (Å²) in [5.41, 5.74) is 2.00. The summed E-state index contributed by atoms with van der Waals surface area (Å²) in [7, 11) is 1.68. The topological polar surface area (TPSA) is 83.0 Å². The van der Waals surface area contributed by atoms with E-state index in [9.17, 15) is 4.79 Å². The zero-order valence-corrected chi connectivity index (χ0v) is 14.1. The van der Waals surface area contributed by atoms with E-state index in [-0.39, 0.29) is 11.2 Å². The molecule has 23 heavy (non-hydrogen) atoms. The predicted octanol–water partition coefficient (Wildman–Crippen LogP) is 2.90. The molecule has 1 aromatic carbocycles. The standard InChI is InChI=1S/C16H18N4O2S/c1-11-5-7-13(8-6-11)14-18-19-16(22-14)23-12(2)15(21)20(3)10-4-9-17/h5-8,12H,4,10H2,1-3H3/t12-/m1/s1. The minimum Gasteiger partial charge on any atom is -0.411 e. The average Bonchev–Trinajstić information content (AvgIpc) is 3.00. The molecule has 0 radical (unpaired) electrons. The zero-order chi connectivity index (χ0) is 16.8. The molecule has 7 heteroatoms. The number of thioether (sulfide) groups is 1. The fraction of sp³-hybridized carbons (Fsp3) is 0.375. The Hall–Kier alpha value is -2.33. The molecule has 0 aliphatic heterocycles. The molecule has 0 spiro atoms. The van der Waals surface area contributed by atoms with Crippen LogP contribution in [0.4, 0.5) is 0 Å². The number of nitriles is 1. The van der Waals surface area contributed by atoms with Gasteiger partial charge in [0.15, 0.2) is 0 Å². The highest BCUT2D eigenvalue weighted by Crippen LogP contribution is 2.26. The fourth-order valence-electron chi connectivity index (χ4n) is 1.91. The van der Waals surface area contributed by atoms with E-state index < -0.39 is 0 Å². The number of carbonyl (C=O) groups excluding carboxylic acids is 1. The molecule has 1 heterocycles. The Balaban J connectivity index is 2.00. The third-order valence-corrected chi connectivity index (χ3v) is 4.19. The van der Waals surface area contributed by atoms with Crippen molar-refractivity contribution in [3.8, 4) is 17.5 Å². The molecule has 120 valence electrons. The molecule has 6 nitrogen and oxygen atoms in total. The van der Waals surface area contributed by atoms with Crippen molar-refractivity contribution in [2.75, 3.05) is 13.6 Å². The van der Waals surface area contributed by atoms with E-state index in [0.717, 1.165) is 11.1 Å². The minimum absolute atomic E-state index is 0.0691. The molecular formula is C16H18N4O2S. The quantitative estimate of drug-likeness (QED) is 0.757. The molecule has 0 bridgehead atoms. The second-order valence-electron chi connectivity index (χ2n) is 5.17. The lowest BCUT2D eigenvalue weighted by molar-refractivity contribution is -0.128. The summed E-state index contributed by atoms with van der Waals surface area (Å²) < 4.78 is 5.61. The molecular weight excluding hydrogens is 312 g/mol. The summed E-state index contributed by atoms with van der Waals surface area (Å²) in [6, 6.07) is 9.81. The summed E-state index contributed by atoms with van der Waals surface area (Å²) in [5.74, 6) is 0.366. The Morgan fingerprint density at radius 3 is 2.74 bits per heavy atom. The highest BCUT2D eigenvalue weighted by atomic mass is 32.2. The van der Waals surface area contributed by atoms with Crippen molar-refractivity contribution >= 4 is 17.7 Å². The van der Waals surface area contributed by atoms with Gasteiger partial charge in [0.2, 0.25) is 11.8 Å². The average molecular weight is 330 g/mol. The van der Waals surface area contributed by atoms with Gasteiger partial charge in [0.1, 0.15) is 0 Å².